The van der Waals surface area contributed by atoms with Crippen LogP contribution in [0.25, 0.3) is 0 Å². The summed E-state index contributed by atoms with van der Waals surface area (Å²) in [6.45, 7) is 0. The Morgan fingerprint density at radius 2 is 1.69 bits per heavy atom. The number of ether oxygens (including phenoxy) is 3. The van der Waals surface area contributed by atoms with Crippen LogP contribution in [0.15, 0.2) is 36.4 Å². The molecule has 0 fully saturated rings. The van der Waals surface area contributed by atoms with Crippen LogP contribution in [0.5, 0.6) is 17.2 Å². The highest BCUT2D eigenvalue weighted by atomic mass is 32.2. The van der Waals surface area contributed by atoms with E-state index < -0.39 is 0 Å². The average Bonchev–Trinajstić information content (AvgIpc) is 2.67. The van der Waals surface area contributed by atoms with Gasteiger partial charge in [0.25, 0.3) is 0 Å². The first-order chi connectivity index (χ1) is 12.6. The van der Waals surface area contributed by atoms with Crippen LogP contribution in [0.3, 0.4) is 0 Å². The highest BCUT2D eigenvalue weighted by molar-refractivity contribution is 7.99. The Morgan fingerprint density at radius 3 is 2.19 bits per heavy atom. The third-order valence-corrected chi connectivity index (χ3v) is 4.54. The zero-order chi connectivity index (χ0) is 18.9. The number of rotatable bonds is 8. The fourth-order valence-electron chi connectivity index (χ4n) is 2.29. The first-order valence-corrected chi connectivity index (χ1v) is 8.93. The van der Waals surface area contributed by atoms with Gasteiger partial charge in [-0.1, -0.05) is 12.1 Å². The molecule has 0 atom stereocenters. The molecule has 2 rings (SSSR count). The van der Waals surface area contributed by atoms with E-state index in [1.54, 1.807) is 24.3 Å². The van der Waals surface area contributed by atoms with E-state index in [1.165, 1.54) is 33.1 Å². The number of nitrogens with one attached hydrogen (secondary N) is 1. The highest BCUT2D eigenvalue weighted by Gasteiger charge is 2.14. The van der Waals surface area contributed by atoms with Crippen LogP contribution in [-0.4, -0.2) is 33.0 Å². The minimum atomic E-state index is -0.127. The number of hydrogen-bond acceptors (Lipinski definition) is 6. The summed E-state index contributed by atoms with van der Waals surface area (Å²) in [6.07, 6.45) is 0. The summed E-state index contributed by atoms with van der Waals surface area (Å²) < 4.78 is 15.8. The SMILES string of the molecule is COc1cc(NC(=O)CSCc2ccc(C#N)cc2)cc(OC)c1OC. The van der Waals surface area contributed by atoms with Gasteiger partial charge in [-0.15, -0.1) is 11.8 Å². The molecule has 0 heterocycles. The van der Waals surface area contributed by atoms with Gasteiger partial charge in [-0.3, -0.25) is 4.79 Å². The number of benzene rings is 2. The normalized spacial score (nSPS) is 9.92. The van der Waals surface area contributed by atoms with Crippen molar-refractivity contribution in [3.63, 3.8) is 0 Å². The van der Waals surface area contributed by atoms with E-state index in [-0.39, 0.29) is 5.91 Å². The van der Waals surface area contributed by atoms with Crippen molar-refractivity contribution < 1.29 is 19.0 Å². The Labute approximate surface area is 157 Å². The fourth-order valence-corrected chi connectivity index (χ4v) is 3.08. The van der Waals surface area contributed by atoms with E-state index in [0.29, 0.717) is 40.0 Å². The van der Waals surface area contributed by atoms with Gasteiger partial charge in [0.15, 0.2) is 11.5 Å². The van der Waals surface area contributed by atoms with Crippen LogP contribution in [0, 0.1) is 11.3 Å². The molecule has 1 amide bonds. The third kappa shape index (κ3) is 5.07. The third-order valence-electron chi connectivity index (χ3n) is 3.53. The van der Waals surface area contributed by atoms with Crippen molar-refractivity contribution >= 4 is 23.4 Å². The molecule has 136 valence electrons. The molecule has 0 aliphatic rings. The van der Waals surface area contributed by atoms with Crippen molar-refractivity contribution in [1.82, 2.24) is 0 Å². The van der Waals surface area contributed by atoms with Gasteiger partial charge in [0.05, 0.1) is 38.7 Å². The van der Waals surface area contributed by atoms with E-state index in [0.717, 1.165) is 5.56 Å². The van der Waals surface area contributed by atoms with Crippen LogP contribution < -0.4 is 19.5 Å². The summed E-state index contributed by atoms with van der Waals surface area (Å²) >= 11 is 1.49. The molecule has 7 heteroatoms. The predicted octanol–water partition coefficient (Wildman–Crippen LogP) is 3.46. The summed E-state index contributed by atoms with van der Waals surface area (Å²) in [6, 6.07) is 12.8. The molecule has 0 saturated carbocycles. The molecule has 0 unspecified atom stereocenters. The zero-order valence-corrected chi connectivity index (χ0v) is 15.7. The largest absolute Gasteiger partial charge is 0.493 e. The second kappa shape index (κ2) is 9.59. The van der Waals surface area contributed by atoms with Crippen molar-refractivity contribution in [1.29, 1.82) is 5.26 Å². The molecule has 0 radical (unpaired) electrons. The lowest BCUT2D eigenvalue weighted by atomic mass is 10.2. The molecule has 0 bridgehead atoms. The van der Waals surface area contributed by atoms with Crippen molar-refractivity contribution in [2.24, 2.45) is 0 Å². The molecule has 2 aromatic rings. The number of carbonyl (C=O) groups excluding carboxylic acids is 1. The molecule has 2 aromatic carbocycles. The van der Waals surface area contributed by atoms with E-state index in [4.69, 9.17) is 19.5 Å². The quantitative estimate of drug-likeness (QED) is 0.764. The number of carbonyl (C=O) groups is 1. The van der Waals surface area contributed by atoms with E-state index >= 15 is 0 Å². The number of methoxy groups -OCH3 is 3. The van der Waals surface area contributed by atoms with Gasteiger partial charge < -0.3 is 19.5 Å². The first-order valence-electron chi connectivity index (χ1n) is 7.78. The molecule has 0 aromatic heterocycles. The summed E-state index contributed by atoms with van der Waals surface area (Å²) in [7, 11) is 4.57. The van der Waals surface area contributed by atoms with Gasteiger partial charge >= 0.3 is 0 Å². The number of nitrogens with zero attached hydrogens (tertiary/aromatic N) is 1. The van der Waals surface area contributed by atoms with Crippen molar-refractivity contribution in [2.75, 3.05) is 32.4 Å². The van der Waals surface area contributed by atoms with Gasteiger partial charge in [0, 0.05) is 23.6 Å². The summed E-state index contributed by atoms with van der Waals surface area (Å²) in [5, 5.41) is 11.6. The molecule has 0 spiro atoms. The Balaban J connectivity index is 1.93. The number of nitriles is 1. The predicted molar refractivity (Wildman–Crippen MR) is 102 cm³/mol. The Morgan fingerprint density at radius 1 is 1.08 bits per heavy atom. The standard InChI is InChI=1S/C19H20N2O4S/c1-23-16-8-15(9-17(24-2)19(16)25-3)21-18(22)12-26-11-14-6-4-13(10-20)5-7-14/h4-9H,11-12H2,1-3H3,(H,21,22). The minimum Gasteiger partial charge on any atom is -0.493 e. The minimum absolute atomic E-state index is 0.127. The Bertz CT molecular complexity index is 775. The Kier molecular flexibility index (Phi) is 7.18. The lowest BCUT2D eigenvalue weighted by Gasteiger charge is -2.14. The number of hydrogen-bond donors (Lipinski definition) is 1. The topological polar surface area (TPSA) is 80.6 Å². The van der Waals surface area contributed by atoms with Crippen LogP contribution in [0.4, 0.5) is 5.69 Å². The van der Waals surface area contributed by atoms with Crippen molar-refractivity contribution in [3.05, 3.63) is 47.5 Å². The molecule has 26 heavy (non-hydrogen) atoms. The van der Waals surface area contributed by atoms with Crippen LogP contribution in [-0.2, 0) is 10.5 Å². The number of anilines is 1. The maximum Gasteiger partial charge on any atom is 0.234 e. The number of amides is 1. The smallest absolute Gasteiger partial charge is 0.234 e. The number of thioether (sulfide) groups is 1. The van der Waals surface area contributed by atoms with Crippen LogP contribution in [0.2, 0.25) is 0 Å². The molecular formula is C19H20N2O4S. The van der Waals surface area contributed by atoms with Gasteiger partial charge in [-0.25, -0.2) is 0 Å². The molecule has 1 N–H and O–H groups in total. The fraction of sp³-hybridized carbons (Fsp3) is 0.263. The van der Waals surface area contributed by atoms with Crippen LogP contribution in [0.1, 0.15) is 11.1 Å². The van der Waals surface area contributed by atoms with Crippen molar-refractivity contribution in [2.45, 2.75) is 5.75 Å². The lowest BCUT2D eigenvalue weighted by Crippen LogP contribution is -2.14. The molecule has 0 aliphatic carbocycles. The second-order valence-corrected chi connectivity index (χ2v) is 6.25. The first kappa shape index (κ1) is 19.5. The second-order valence-electron chi connectivity index (χ2n) is 5.26. The summed E-state index contributed by atoms with van der Waals surface area (Å²) in [4.78, 5) is 12.2. The van der Waals surface area contributed by atoms with Crippen molar-refractivity contribution in [3.8, 4) is 23.3 Å². The molecule has 0 saturated heterocycles. The van der Waals surface area contributed by atoms with Gasteiger partial charge in [-0.2, -0.15) is 5.26 Å². The highest BCUT2D eigenvalue weighted by Crippen LogP contribution is 2.39. The molecule has 6 nitrogen and oxygen atoms in total. The summed E-state index contributed by atoms with van der Waals surface area (Å²) in [5.41, 5.74) is 2.26. The molecular weight excluding hydrogens is 352 g/mol. The maximum atomic E-state index is 12.2. The van der Waals surface area contributed by atoms with Gasteiger partial charge in [-0.05, 0) is 17.7 Å². The zero-order valence-electron chi connectivity index (χ0n) is 14.9. The van der Waals surface area contributed by atoms with Crippen LogP contribution >= 0.6 is 11.8 Å². The summed E-state index contributed by atoms with van der Waals surface area (Å²) in [5.74, 6) is 2.30. The Hall–Kier alpha value is -2.85. The average molecular weight is 372 g/mol. The van der Waals surface area contributed by atoms with Gasteiger partial charge in [0.2, 0.25) is 11.7 Å². The monoisotopic (exact) mass is 372 g/mol. The molecule has 0 aliphatic heterocycles. The lowest BCUT2D eigenvalue weighted by molar-refractivity contribution is -0.113. The van der Waals surface area contributed by atoms with Gasteiger partial charge in [0.1, 0.15) is 0 Å². The van der Waals surface area contributed by atoms with E-state index in [9.17, 15) is 4.79 Å². The van der Waals surface area contributed by atoms with E-state index in [1.807, 2.05) is 12.1 Å². The maximum absolute atomic E-state index is 12.2. The van der Waals surface area contributed by atoms with E-state index in [2.05, 4.69) is 11.4 Å².